The molecule has 0 bridgehead atoms. The number of carbonyl (C=O) groups excluding carboxylic acids is 2. The predicted molar refractivity (Wildman–Crippen MR) is 115 cm³/mol. The first-order valence-corrected chi connectivity index (χ1v) is 9.33. The molecule has 4 N–H and O–H groups in total. The van der Waals surface area contributed by atoms with Gasteiger partial charge < -0.3 is 20.9 Å². The summed E-state index contributed by atoms with van der Waals surface area (Å²) in [5, 5.41) is 6.05. The Labute approximate surface area is 172 Å². The summed E-state index contributed by atoms with van der Waals surface area (Å²) in [5.41, 5.74) is 8.73. The zero-order valence-corrected chi connectivity index (χ0v) is 16.3. The number of nitrogens with one attached hydrogen (secondary N) is 2. The van der Waals surface area contributed by atoms with Crippen molar-refractivity contribution in [1.82, 2.24) is 14.5 Å². The van der Waals surface area contributed by atoms with Crippen molar-refractivity contribution in [2.45, 2.75) is 6.54 Å². The first-order chi connectivity index (χ1) is 14.5. The van der Waals surface area contributed by atoms with Gasteiger partial charge in [0.2, 0.25) is 5.91 Å². The second kappa shape index (κ2) is 8.04. The summed E-state index contributed by atoms with van der Waals surface area (Å²) >= 11 is 0. The second-order valence-corrected chi connectivity index (χ2v) is 6.75. The molecular formula is C22H20N6O2. The van der Waals surface area contributed by atoms with Gasteiger partial charge in [-0.05, 0) is 54.6 Å². The Balaban J connectivity index is 1.50. The minimum atomic E-state index is -0.459. The van der Waals surface area contributed by atoms with Crippen LogP contribution in [-0.4, -0.2) is 26.3 Å². The minimum Gasteiger partial charge on any atom is -0.378 e. The third-order valence-electron chi connectivity index (χ3n) is 4.76. The fourth-order valence-electron chi connectivity index (χ4n) is 3.11. The molecule has 2 aromatic carbocycles. The first-order valence-electron chi connectivity index (χ1n) is 9.33. The summed E-state index contributed by atoms with van der Waals surface area (Å²) in [6.45, 7) is 0.483. The molecule has 4 rings (SSSR count). The molecule has 30 heavy (non-hydrogen) atoms. The maximum absolute atomic E-state index is 12.5. The van der Waals surface area contributed by atoms with E-state index in [0.717, 1.165) is 22.5 Å². The van der Waals surface area contributed by atoms with E-state index in [1.807, 2.05) is 23.7 Å². The lowest BCUT2D eigenvalue weighted by Gasteiger charge is -2.07. The van der Waals surface area contributed by atoms with Crippen molar-refractivity contribution < 1.29 is 9.59 Å². The van der Waals surface area contributed by atoms with Gasteiger partial charge in [-0.15, -0.1) is 0 Å². The predicted octanol–water partition coefficient (Wildman–Crippen LogP) is 2.93. The van der Waals surface area contributed by atoms with Crippen molar-refractivity contribution in [3.8, 4) is 0 Å². The van der Waals surface area contributed by atoms with Gasteiger partial charge in [0.15, 0.2) is 0 Å². The number of aromatic nitrogens is 3. The normalized spacial score (nSPS) is 10.7. The van der Waals surface area contributed by atoms with Crippen LogP contribution in [0.4, 0.5) is 11.5 Å². The fourth-order valence-corrected chi connectivity index (χ4v) is 3.11. The van der Waals surface area contributed by atoms with E-state index in [4.69, 9.17) is 5.73 Å². The van der Waals surface area contributed by atoms with Crippen molar-refractivity contribution in [1.29, 1.82) is 0 Å². The van der Waals surface area contributed by atoms with E-state index >= 15 is 0 Å². The number of fused-ring (bicyclic) bond motifs is 1. The highest BCUT2D eigenvalue weighted by molar-refractivity contribution is 6.05. The van der Waals surface area contributed by atoms with Crippen LogP contribution in [0, 0.1) is 0 Å². The van der Waals surface area contributed by atoms with Gasteiger partial charge >= 0.3 is 0 Å². The highest BCUT2D eigenvalue weighted by Crippen LogP contribution is 2.19. The van der Waals surface area contributed by atoms with Gasteiger partial charge in [-0.2, -0.15) is 0 Å². The van der Waals surface area contributed by atoms with Crippen molar-refractivity contribution in [3.05, 3.63) is 83.8 Å². The van der Waals surface area contributed by atoms with Crippen molar-refractivity contribution in [2.24, 2.45) is 12.8 Å². The summed E-state index contributed by atoms with van der Waals surface area (Å²) in [4.78, 5) is 32.4. The highest BCUT2D eigenvalue weighted by atomic mass is 16.2. The fraction of sp³-hybridized carbons (Fsp3) is 0.0909. The van der Waals surface area contributed by atoms with Gasteiger partial charge in [-0.25, -0.2) is 9.97 Å². The van der Waals surface area contributed by atoms with Crippen molar-refractivity contribution in [2.75, 3.05) is 10.6 Å². The Morgan fingerprint density at radius 3 is 2.50 bits per heavy atom. The molecule has 0 saturated carbocycles. The maximum atomic E-state index is 12.5. The SMILES string of the molecule is Cn1c(CNc2ccc(C(N)=O)cc2)nc2cc(C(=O)Nc3ccccn3)ccc21. The molecular weight excluding hydrogens is 380 g/mol. The van der Waals surface area contributed by atoms with E-state index in [2.05, 4.69) is 20.6 Å². The van der Waals surface area contributed by atoms with Crippen LogP contribution in [0.1, 0.15) is 26.5 Å². The van der Waals surface area contributed by atoms with Crippen LogP contribution in [0.25, 0.3) is 11.0 Å². The summed E-state index contributed by atoms with van der Waals surface area (Å²) < 4.78 is 1.97. The molecule has 0 fully saturated rings. The number of carbonyl (C=O) groups is 2. The summed E-state index contributed by atoms with van der Waals surface area (Å²) in [5.74, 6) is 0.609. The van der Waals surface area contributed by atoms with Gasteiger partial charge in [-0.3, -0.25) is 9.59 Å². The Kier molecular flexibility index (Phi) is 5.13. The zero-order valence-electron chi connectivity index (χ0n) is 16.3. The van der Waals surface area contributed by atoms with Crippen molar-refractivity contribution >= 4 is 34.4 Å². The summed E-state index contributed by atoms with van der Waals surface area (Å²) in [7, 11) is 1.93. The van der Waals surface area contributed by atoms with E-state index in [-0.39, 0.29) is 5.91 Å². The number of aryl methyl sites for hydroxylation is 1. The smallest absolute Gasteiger partial charge is 0.256 e. The summed E-state index contributed by atoms with van der Waals surface area (Å²) in [6.07, 6.45) is 1.62. The third-order valence-corrected chi connectivity index (χ3v) is 4.76. The third kappa shape index (κ3) is 3.97. The molecule has 2 heterocycles. The molecule has 0 atom stereocenters. The quantitative estimate of drug-likeness (QED) is 0.460. The number of hydrogen-bond donors (Lipinski definition) is 3. The molecule has 8 nitrogen and oxygen atoms in total. The van der Waals surface area contributed by atoms with Crippen LogP contribution < -0.4 is 16.4 Å². The minimum absolute atomic E-state index is 0.240. The number of anilines is 2. The van der Waals surface area contributed by atoms with Gasteiger partial charge in [0.1, 0.15) is 11.6 Å². The van der Waals surface area contributed by atoms with Gasteiger partial charge in [-0.1, -0.05) is 6.07 Å². The van der Waals surface area contributed by atoms with E-state index in [9.17, 15) is 9.59 Å². The molecule has 0 spiro atoms. The molecule has 0 aliphatic rings. The van der Waals surface area contributed by atoms with Crippen LogP contribution in [0.15, 0.2) is 66.9 Å². The number of benzene rings is 2. The molecule has 0 unspecified atom stereocenters. The summed E-state index contributed by atoms with van der Waals surface area (Å²) in [6, 6.07) is 17.7. The lowest BCUT2D eigenvalue weighted by atomic mass is 10.2. The van der Waals surface area contributed by atoms with Crippen LogP contribution in [-0.2, 0) is 13.6 Å². The lowest BCUT2D eigenvalue weighted by molar-refractivity contribution is 0.0997. The molecule has 8 heteroatoms. The van der Waals surface area contributed by atoms with E-state index < -0.39 is 5.91 Å². The van der Waals surface area contributed by atoms with E-state index in [1.165, 1.54) is 0 Å². The second-order valence-electron chi connectivity index (χ2n) is 6.75. The van der Waals surface area contributed by atoms with Crippen LogP contribution in [0.2, 0.25) is 0 Å². The molecule has 150 valence electrons. The Morgan fingerprint density at radius 2 is 1.80 bits per heavy atom. The Hall–Kier alpha value is -4.20. The zero-order chi connectivity index (χ0) is 21.1. The average molecular weight is 400 g/mol. The average Bonchev–Trinajstić information content (AvgIpc) is 3.08. The van der Waals surface area contributed by atoms with Crippen LogP contribution in [0.5, 0.6) is 0 Å². The highest BCUT2D eigenvalue weighted by Gasteiger charge is 2.12. The topological polar surface area (TPSA) is 115 Å². The van der Waals surface area contributed by atoms with E-state index in [0.29, 0.717) is 23.5 Å². The number of amides is 2. The number of imidazole rings is 1. The maximum Gasteiger partial charge on any atom is 0.256 e. The van der Waals surface area contributed by atoms with Crippen LogP contribution >= 0.6 is 0 Å². The number of nitrogens with two attached hydrogens (primary N) is 1. The Bertz CT molecular complexity index is 1220. The number of rotatable bonds is 6. The van der Waals surface area contributed by atoms with Gasteiger partial charge in [0.25, 0.3) is 5.91 Å². The Morgan fingerprint density at radius 1 is 1.03 bits per heavy atom. The largest absolute Gasteiger partial charge is 0.378 e. The molecule has 2 aromatic heterocycles. The number of nitrogens with zero attached hydrogens (tertiary/aromatic N) is 3. The monoisotopic (exact) mass is 400 g/mol. The van der Waals surface area contributed by atoms with Gasteiger partial charge in [0, 0.05) is 30.1 Å². The van der Waals surface area contributed by atoms with Crippen molar-refractivity contribution in [3.63, 3.8) is 0 Å². The molecule has 0 aliphatic carbocycles. The van der Waals surface area contributed by atoms with Crippen LogP contribution in [0.3, 0.4) is 0 Å². The first kappa shape index (κ1) is 19.1. The molecule has 4 aromatic rings. The molecule has 0 aliphatic heterocycles. The van der Waals surface area contributed by atoms with Gasteiger partial charge in [0.05, 0.1) is 17.6 Å². The number of hydrogen-bond acceptors (Lipinski definition) is 5. The van der Waals surface area contributed by atoms with E-state index in [1.54, 1.807) is 54.7 Å². The molecule has 0 saturated heterocycles. The number of primary amides is 1. The molecule has 0 radical (unpaired) electrons. The standard InChI is InChI=1S/C22H20N6O2/c1-28-18-10-7-15(22(30)27-19-4-2-3-11-24-19)12-17(18)26-20(28)13-25-16-8-5-14(6-9-16)21(23)29/h2-12,25H,13H2,1H3,(H2,23,29)(H,24,27,30). The molecule has 2 amide bonds. The lowest BCUT2D eigenvalue weighted by Crippen LogP contribution is -2.12. The number of pyridine rings is 1.